The summed E-state index contributed by atoms with van der Waals surface area (Å²) < 4.78 is 5.57. The molecule has 19 heavy (non-hydrogen) atoms. The molecular formula is C15H30N2O2. The lowest BCUT2D eigenvalue weighted by atomic mass is 10.1. The van der Waals surface area contributed by atoms with Crippen molar-refractivity contribution < 1.29 is 9.53 Å². The zero-order valence-electron chi connectivity index (χ0n) is 13.1. The third kappa shape index (κ3) is 5.49. The van der Waals surface area contributed by atoms with Gasteiger partial charge in [-0.05, 0) is 31.6 Å². The van der Waals surface area contributed by atoms with Crippen molar-refractivity contribution in [1.29, 1.82) is 0 Å². The summed E-state index contributed by atoms with van der Waals surface area (Å²) in [7, 11) is 0. The fourth-order valence-corrected chi connectivity index (χ4v) is 2.42. The third-order valence-corrected chi connectivity index (χ3v) is 3.31. The number of carbonyl (C=O) groups excluding carboxylic acids is 1. The number of nitrogens with one attached hydrogen (secondary N) is 1. The first-order valence-corrected chi connectivity index (χ1v) is 7.56. The van der Waals surface area contributed by atoms with E-state index in [9.17, 15) is 4.79 Å². The number of rotatable bonds is 8. The average Bonchev–Trinajstić information content (AvgIpc) is 2.54. The number of nitrogens with zero attached hydrogens (tertiary/aromatic N) is 1. The molecule has 2 atom stereocenters. The van der Waals surface area contributed by atoms with Crippen molar-refractivity contribution in [2.45, 2.75) is 59.7 Å². The molecule has 4 nitrogen and oxygen atoms in total. The monoisotopic (exact) mass is 270 g/mol. The van der Waals surface area contributed by atoms with Gasteiger partial charge in [0.25, 0.3) is 0 Å². The lowest BCUT2D eigenvalue weighted by molar-refractivity contribution is -0.130. The Balaban J connectivity index is 2.33. The standard InChI is InChI=1S/C15H30N2O2/c1-11(2)9-14-16-13(5)15(18)17(14)7-6-8-19-10-12(3)4/h11-14,16H,6-10H2,1-5H3. The van der Waals surface area contributed by atoms with Crippen molar-refractivity contribution in [3.63, 3.8) is 0 Å². The van der Waals surface area contributed by atoms with Crippen molar-refractivity contribution in [1.82, 2.24) is 10.2 Å². The van der Waals surface area contributed by atoms with Crippen LogP contribution in [0.25, 0.3) is 0 Å². The summed E-state index contributed by atoms with van der Waals surface area (Å²) in [5.41, 5.74) is 0. The minimum absolute atomic E-state index is 0.0414. The number of hydrogen-bond acceptors (Lipinski definition) is 3. The van der Waals surface area contributed by atoms with E-state index in [2.05, 4.69) is 33.0 Å². The van der Waals surface area contributed by atoms with Crippen molar-refractivity contribution in [3.8, 4) is 0 Å². The largest absolute Gasteiger partial charge is 0.381 e. The molecule has 0 bridgehead atoms. The Labute approximate surface area is 117 Å². The average molecular weight is 270 g/mol. The smallest absolute Gasteiger partial charge is 0.240 e. The van der Waals surface area contributed by atoms with Crippen LogP contribution in [0.15, 0.2) is 0 Å². The van der Waals surface area contributed by atoms with Crippen LogP contribution in [0.2, 0.25) is 0 Å². The molecule has 0 aromatic carbocycles. The van der Waals surface area contributed by atoms with Gasteiger partial charge in [-0.25, -0.2) is 0 Å². The van der Waals surface area contributed by atoms with Crippen molar-refractivity contribution in [2.24, 2.45) is 11.8 Å². The second-order valence-electron chi connectivity index (χ2n) is 6.39. The molecule has 1 heterocycles. The zero-order valence-corrected chi connectivity index (χ0v) is 13.1. The van der Waals surface area contributed by atoms with Crippen LogP contribution in [-0.2, 0) is 9.53 Å². The topological polar surface area (TPSA) is 41.6 Å². The molecule has 1 aliphatic rings. The van der Waals surface area contributed by atoms with Gasteiger partial charge in [0.05, 0.1) is 12.2 Å². The van der Waals surface area contributed by atoms with Gasteiger partial charge in [-0.1, -0.05) is 27.7 Å². The van der Waals surface area contributed by atoms with Crippen LogP contribution < -0.4 is 5.32 Å². The molecule has 1 aliphatic heterocycles. The molecule has 0 radical (unpaired) electrons. The van der Waals surface area contributed by atoms with E-state index in [-0.39, 0.29) is 18.1 Å². The van der Waals surface area contributed by atoms with Crippen molar-refractivity contribution >= 4 is 5.91 Å². The van der Waals surface area contributed by atoms with Crippen molar-refractivity contribution in [2.75, 3.05) is 19.8 Å². The normalized spacial score (nSPS) is 23.9. The molecule has 0 spiro atoms. The van der Waals surface area contributed by atoms with Crippen molar-refractivity contribution in [3.05, 3.63) is 0 Å². The molecule has 1 saturated heterocycles. The number of carbonyl (C=O) groups is 1. The first kappa shape index (κ1) is 16.4. The second-order valence-corrected chi connectivity index (χ2v) is 6.39. The summed E-state index contributed by atoms with van der Waals surface area (Å²) in [5, 5.41) is 3.38. The minimum atomic E-state index is -0.0414. The molecule has 0 aromatic rings. The van der Waals surface area contributed by atoms with Crippen LogP contribution in [0.3, 0.4) is 0 Å². The maximum Gasteiger partial charge on any atom is 0.240 e. The Morgan fingerprint density at radius 2 is 1.95 bits per heavy atom. The van der Waals surface area contributed by atoms with E-state index < -0.39 is 0 Å². The highest BCUT2D eigenvalue weighted by Crippen LogP contribution is 2.17. The van der Waals surface area contributed by atoms with E-state index in [1.54, 1.807) is 0 Å². The Kier molecular flexibility index (Phi) is 6.80. The van der Waals surface area contributed by atoms with E-state index in [1.807, 2.05) is 11.8 Å². The SMILES string of the molecule is CC(C)COCCCN1C(=O)C(C)NC1CC(C)C. The van der Waals surface area contributed by atoms with Gasteiger partial charge >= 0.3 is 0 Å². The summed E-state index contributed by atoms with van der Waals surface area (Å²) >= 11 is 0. The van der Waals surface area contributed by atoms with Crippen LogP contribution in [0.1, 0.15) is 47.5 Å². The van der Waals surface area contributed by atoms with Gasteiger partial charge in [-0.3, -0.25) is 10.1 Å². The van der Waals surface area contributed by atoms with E-state index in [0.717, 1.165) is 32.6 Å². The predicted octanol–water partition coefficient (Wildman–Crippen LogP) is 2.24. The predicted molar refractivity (Wildman–Crippen MR) is 77.8 cm³/mol. The molecule has 1 amide bonds. The minimum Gasteiger partial charge on any atom is -0.381 e. The van der Waals surface area contributed by atoms with Crippen LogP contribution >= 0.6 is 0 Å². The summed E-state index contributed by atoms with van der Waals surface area (Å²) in [4.78, 5) is 14.1. The maximum atomic E-state index is 12.1. The van der Waals surface area contributed by atoms with Gasteiger partial charge < -0.3 is 9.64 Å². The summed E-state index contributed by atoms with van der Waals surface area (Å²) in [6, 6.07) is -0.0414. The Morgan fingerprint density at radius 3 is 2.53 bits per heavy atom. The number of hydrogen-bond donors (Lipinski definition) is 1. The number of amides is 1. The summed E-state index contributed by atoms with van der Waals surface area (Å²) in [5.74, 6) is 1.40. The molecule has 0 saturated carbocycles. The van der Waals surface area contributed by atoms with Crippen LogP contribution in [-0.4, -0.2) is 42.8 Å². The fourth-order valence-electron chi connectivity index (χ4n) is 2.42. The zero-order chi connectivity index (χ0) is 14.4. The van der Waals surface area contributed by atoms with Gasteiger partial charge in [0.15, 0.2) is 0 Å². The molecule has 1 fully saturated rings. The molecule has 1 N–H and O–H groups in total. The van der Waals surface area contributed by atoms with E-state index in [4.69, 9.17) is 4.74 Å². The Morgan fingerprint density at radius 1 is 1.26 bits per heavy atom. The molecule has 1 rings (SSSR count). The lowest BCUT2D eigenvalue weighted by Gasteiger charge is -2.25. The third-order valence-electron chi connectivity index (χ3n) is 3.31. The second kappa shape index (κ2) is 7.85. The van der Waals surface area contributed by atoms with Crippen LogP contribution in [0, 0.1) is 11.8 Å². The molecule has 4 heteroatoms. The quantitative estimate of drug-likeness (QED) is 0.688. The van der Waals surface area contributed by atoms with Gasteiger partial charge in [-0.2, -0.15) is 0 Å². The fraction of sp³-hybridized carbons (Fsp3) is 0.933. The summed E-state index contributed by atoms with van der Waals surface area (Å²) in [6.07, 6.45) is 2.14. The van der Waals surface area contributed by atoms with E-state index in [0.29, 0.717) is 11.8 Å². The first-order chi connectivity index (χ1) is 8.91. The van der Waals surface area contributed by atoms with Gasteiger partial charge in [0, 0.05) is 19.8 Å². The van der Waals surface area contributed by atoms with Gasteiger partial charge in [0.1, 0.15) is 0 Å². The highest BCUT2D eigenvalue weighted by atomic mass is 16.5. The Bertz CT molecular complexity index is 279. The van der Waals surface area contributed by atoms with Crippen LogP contribution in [0.4, 0.5) is 0 Å². The first-order valence-electron chi connectivity index (χ1n) is 7.56. The maximum absolute atomic E-state index is 12.1. The molecular weight excluding hydrogens is 240 g/mol. The lowest BCUT2D eigenvalue weighted by Crippen LogP contribution is -2.39. The molecule has 0 aliphatic carbocycles. The van der Waals surface area contributed by atoms with Crippen LogP contribution in [0.5, 0.6) is 0 Å². The highest BCUT2D eigenvalue weighted by Gasteiger charge is 2.35. The molecule has 2 unspecified atom stereocenters. The molecule has 112 valence electrons. The van der Waals surface area contributed by atoms with E-state index in [1.165, 1.54) is 0 Å². The van der Waals surface area contributed by atoms with Gasteiger partial charge in [0.2, 0.25) is 5.91 Å². The summed E-state index contributed by atoms with van der Waals surface area (Å²) in [6.45, 7) is 13.0. The molecule has 0 aromatic heterocycles. The van der Waals surface area contributed by atoms with Gasteiger partial charge in [-0.15, -0.1) is 0 Å². The highest BCUT2D eigenvalue weighted by molar-refractivity contribution is 5.83. The Hall–Kier alpha value is -0.610. The number of ether oxygens (including phenoxy) is 1. The van der Waals surface area contributed by atoms with E-state index >= 15 is 0 Å².